The molecule has 0 radical (unpaired) electrons. The molecule has 80 valence electrons. The Kier molecular flexibility index (Phi) is 3.12. The first kappa shape index (κ1) is 10.7. The molecule has 0 aliphatic carbocycles. The molecule has 0 spiro atoms. The van der Waals surface area contributed by atoms with Crippen molar-refractivity contribution in [1.82, 2.24) is 9.88 Å². The lowest BCUT2D eigenvalue weighted by Gasteiger charge is -2.04. The summed E-state index contributed by atoms with van der Waals surface area (Å²) in [5.41, 5.74) is 2.61. The zero-order chi connectivity index (χ0) is 10.8. The molecule has 0 aliphatic heterocycles. The first-order chi connectivity index (χ1) is 7.22. The van der Waals surface area contributed by atoms with E-state index in [1.54, 1.807) is 0 Å². The second-order valence-corrected chi connectivity index (χ2v) is 4.59. The van der Waals surface area contributed by atoms with Gasteiger partial charge in [0.25, 0.3) is 0 Å². The molecule has 2 rings (SSSR count). The second kappa shape index (κ2) is 4.37. The van der Waals surface area contributed by atoms with Gasteiger partial charge in [0.1, 0.15) is 0 Å². The van der Waals surface area contributed by atoms with Crippen LogP contribution in [0, 0.1) is 0 Å². The number of hydrogen-bond donors (Lipinski definition) is 1. The highest BCUT2D eigenvalue weighted by Gasteiger charge is 2.04. The van der Waals surface area contributed by atoms with E-state index in [4.69, 9.17) is 0 Å². The molecule has 0 atom stereocenters. The van der Waals surface area contributed by atoms with E-state index in [2.05, 4.69) is 64.1 Å². The second-order valence-electron chi connectivity index (χ2n) is 3.68. The van der Waals surface area contributed by atoms with Crippen LogP contribution in [0.25, 0.3) is 10.9 Å². The van der Waals surface area contributed by atoms with Crippen LogP contribution in [0.1, 0.15) is 12.6 Å². The molecule has 1 aromatic carbocycles. The zero-order valence-corrected chi connectivity index (χ0v) is 10.6. The number of hydrogen-bond acceptors (Lipinski definition) is 1. The Morgan fingerprint density at radius 2 is 2.13 bits per heavy atom. The summed E-state index contributed by atoms with van der Waals surface area (Å²) in [4.78, 5) is 0. The maximum absolute atomic E-state index is 3.49. The van der Waals surface area contributed by atoms with Gasteiger partial charge >= 0.3 is 0 Å². The van der Waals surface area contributed by atoms with Gasteiger partial charge in [-0.3, -0.25) is 0 Å². The summed E-state index contributed by atoms with van der Waals surface area (Å²) in [6.07, 6.45) is 0. The molecule has 1 N–H and O–H groups in total. The van der Waals surface area contributed by atoms with E-state index < -0.39 is 0 Å². The number of aryl methyl sites for hydroxylation is 1. The monoisotopic (exact) mass is 266 g/mol. The van der Waals surface area contributed by atoms with Crippen molar-refractivity contribution in [3.63, 3.8) is 0 Å². The van der Waals surface area contributed by atoms with Crippen LogP contribution in [-0.2, 0) is 13.6 Å². The molecule has 0 saturated carbocycles. The third-order valence-electron chi connectivity index (χ3n) is 2.66. The Labute approximate surface area is 98.4 Å². The Bertz CT molecular complexity index is 474. The van der Waals surface area contributed by atoms with Gasteiger partial charge in [-0.1, -0.05) is 22.9 Å². The summed E-state index contributed by atoms with van der Waals surface area (Å²) in [5.74, 6) is 0. The summed E-state index contributed by atoms with van der Waals surface area (Å²) in [5, 5.41) is 4.64. The number of halogens is 1. The van der Waals surface area contributed by atoms with Crippen LogP contribution in [0.2, 0.25) is 0 Å². The fourth-order valence-electron chi connectivity index (χ4n) is 1.80. The fraction of sp³-hybridized carbons (Fsp3) is 0.333. The predicted octanol–water partition coefficient (Wildman–Crippen LogP) is 3.05. The fourth-order valence-corrected chi connectivity index (χ4v) is 2.18. The average molecular weight is 267 g/mol. The lowest BCUT2D eigenvalue weighted by molar-refractivity contribution is 0.686. The van der Waals surface area contributed by atoms with Gasteiger partial charge in [-0.15, -0.1) is 0 Å². The van der Waals surface area contributed by atoms with Gasteiger partial charge in [-0.2, -0.15) is 0 Å². The standard InChI is InChI=1S/C12H15BrN2/c1-3-14-8-11-7-9-6-10(13)4-5-12(9)15(11)2/h4-7,14H,3,8H2,1-2H3. The average Bonchev–Trinajstić information content (AvgIpc) is 2.52. The van der Waals surface area contributed by atoms with Gasteiger partial charge in [-0.05, 0) is 30.8 Å². The first-order valence-corrected chi connectivity index (χ1v) is 5.96. The van der Waals surface area contributed by atoms with Gasteiger partial charge in [0.15, 0.2) is 0 Å². The number of fused-ring (bicyclic) bond motifs is 1. The summed E-state index contributed by atoms with van der Waals surface area (Å²) in [7, 11) is 2.11. The number of rotatable bonds is 3. The predicted molar refractivity (Wildman–Crippen MR) is 68.0 cm³/mol. The quantitative estimate of drug-likeness (QED) is 0.904. The number of aromatic nitrogens is 1. The lowest BCUT2D eigenvalue weighted by Crippen LogP contribution is -2.14. The molecule has 15 heavy (non-hydrogen) atoms. The van der Waals surface area contributed by atoms with Crippen molar-refractivity contribution >= 4 is 26.8 Å². The van der Waals surface area contributed by atoms with Crippen LogP contribution in [0.3, 0.4) is 0 Å². The molecular weight excluding hydrogens is 252 g/mol. The minimum atomic E-state index is 0.930. The third-order valence-corrected chi connectivity index (χ3v) is 3.15. The summed E-state index contributed by atoms with van der Waals surface area (Å²) < 4.78 is 3.38. The molecule has 3 heteroatoms. The summed E-state index contributed by atoms with van der Waals surface area (Å²) in [6.45, 7) is 4.06. The van der Waals surface area contributed by atoms with Crippen molar-refractivity contribution in [3.8, 4) is 0 Å². The smallest absolute Gasteiger partial charge is 0.0481 e. The van der Waals surface area contributed by atoms with E-state index in [1.807, 2.05) is 0 Å². The van der Waals surface area contributed by atoms with Crippen LogP contribution in [0.5, 0.6) is 0 Å². The Morgan fingerprint density at radius 3 is 2.87 bits per heavy atom. The molecule has 2 aromatic rings. The molecule has 1 heterocycles. The van der Waals surface area contributed by atoms with Gasteiger partial charge < -0.3 is 9.88 Å². The van der Waals surface area contributed by atoms with Crippen LogP contribution < -0.4 is 5.32 Å². The van der Waals surface area contributed by atoms with Crippen molar-refractivity contribution in [2.75, 3.05) is 6.54 Å². The molecule has 0 unspecified atom stereocenters. The Hall–Kier alpha value is -0.800. The molecule has 0 saturated heterocycles. The normalized spacial score (nSPS) is 11.1. The van der Waals surface area contributed by atoms with E-state index in [9.17, 15) is 0 Å². The summed E-state index contributed by atoms with van der Waals surface area (Å²) >= 11 is 3.49. The highest BCUT2D eigenvalue weighted by Crippen LogP contribution is 2.22. The lowest BCUT2D eigenvalue weighted by atomic mass is 10.2. The van der Waals surface area contributed by atoms with Crippen LogP contribution in [-0.4, -0.2) is 11.1 Å². The van der Waals surface area contributed by atoms with E-state index in [0.717, 1.165) is 17.6 Å². The molecule has 0 amide bonds. The number of nitrogens with zero attached hydrogens (tertiary/aromatic N) is 1. The molecule has 0 fully saturated rings. The van der Waals surface area contributed by atoms with Crippen molar-refractivity contribution < 1.29 is 0 Å². The van der Waals surface area contributed by atoms with E-state index in [0.29, 0.717) is 0 Å². The molecule has 0 aliphatic rings. The highest BCUT2D eigenvalue weighted by atomic mass is 79.9. The topological polar surface area (TPSA) is 17.0 Å². The van der Waals surface area contributed by atoms with Crippen LogP contribution in [0.4, 0.5) is 0 Å². The maximum Gasteiger partial charge on any atom is 0.0481 e. The first-order valence-electron chi connectivity index (χ1n) is 5.17. The maximum atomic E-state index is 3.49. The molecule has 1 aromatic heterocycles. The van der Waals surface area contributed by atoms with Crippen molar-refractivity contribution in [1.29, 1.82) is 0 Å². The van der Waals surface area contributed by atoms with Crippen molar-refractivity contribution in [3.05, 3.63) is 34.4 Å². The van der Waals surface area contributed by atoms with Crippen molar-refractivity contribution in [2.45, 2.75) is 13.5 Å². The van der Waals surface area contributed by atoms with Gasteiger partial charge in [-0.25, -0.2) is 0 Å². The highest BCUT2D eigenvalue weighted by molar-refractivity contribution is 9.10. The van der Waals surface area contributed by atoms with Gasteiger partial charge in [0, 0.05) is 34.7 Å². The van der Waals surface area contributed by atoms with E-state index >= 15 is 0 Å². The van der Waals surface area contributed by atoms with E-state index in [-0.39, 0.29) is 0 Å². The largest absolute Gasteiger partial charge is 0.346 e. The van der Waals surface area contributed by atoms with Gasteiger partial charge in [0.2, 0.25) is 0 Å². The van der Waals surface area contributed by atoms with Crippen molar-refractivity contribution in [2.24, 2.45) is 7.05 Å². The SMILES string of the molecule is CCNCc1cc2cc(Br)ccc2n1C. The van der Waals surface area contributed by atoms with Gasteiger partial charge in [0.05, 0.1) is 0 Å². The zero-order valence-electron chi connectivity index (χ0n) is 9.05. The Balaban J connectivity index is 2.44. The minimum absolute atomic E-state index is 0.930. The molecule has 0 bridgehead atoms. The third kappa shape index (κ3) is 2.08. The number of nitrogens with one attached hydrogen (secondary N) is 1. The molecule has 2 nitrogen and oxygen atoms in total. The minimum Gasteiger partial charge on any atom is -0.346 e. The molecular formula is C12H15BrN2. The van der Waals surface area contributed by atoms with Crippen LogP contribution >= 0.6 is 15.9 Å². The summed E-state index contributed by atoms with van der Waals surface area (Å²) in [6, 6.07) is 8.63. The Morgan fingerprint density at radius 1 is 1.33 bits per heavy atom. The number of benzene rings is 1. The van der Waals surface area contributed by atoms with Crippen LogP contribution in [0.15, 0.2) is 28.7 Å². The van der Waals surface area contributed by atoms with E-state index in [1.165, 1.54) is 16.6 Å².